The van der Waals surface area contributed by atoms with Crippen LogP contribution in [0.25, 0.3) is 0 Å². The van der Waals surface area contributed by atoms with E-state index in [1.54, 1.807) is 24.3 Å². The molecular weight excluding hydrogens is 682 g/mol. The van der Waals surface area contributed by atoms with Crippen LogP contribution < -0.4 is 54.8 Å². The van der Waals surface area contributed by atoms with E-state index in [-0.39, 0.29) is 63.1 Å². The number of rotatable bonds is 10. The van der Waals surface area contributed by atoms with Crippen molar-refractivity contribution in [2.24, 2.45) is 39.8 Å². The second-order valence-corrected chi connectivity index (χ2v) is 14.4. The van der Waals surface area contributed by atoms with Crippen molar-refractivity contribution in [2.75, 3.05) is 19.6 Å². The van der Waals surface area contributed by atoms with Crippen LogP contribution in [0.5, 0.6) is 0 Å². The van der Waals surface area contributed by atoms with Gasteiger partial charge in [0.15, 0.2) is 5.96 Å². The molecule has 17 heteroatoms. The Morgan fingerprint density at radius 3 is 1.79 bits per heavy atom. The monoisotopic (exact) mass is 743 g/mol. The first kappa shape index (κ1) is 44.4. The maximum Gasteiger partial charge on any atom is 0.243 e. The van der Waals surface area contributed by atoms with E-state index in [9.17, 15) is 28.8 Å². The summed E-state index contributed by atoms with van der Waals surface area (Å²) in [4.78, 5) is 84.7. The molecule has 1 aliphatic heterocycles. The zero-order valence-electron chi connectivity index (χ0n) is 31.5. The zero-order valence-corrected chi connectivity index (χ0v) is 31.5. The molecule has 17 nitrogen and oxygen atoms in total. The van der Waals surface area contributed by atoms with Gasteiger partial charge in [0, 0.05) is 26.1 Å². The average Bonchev–Trinajstić information content (AvgIpc) is 3.09. The van der Waals surface area contributed by atoms with Crippen molar-refractivity contribution >= 4 is 41.4 Å². The van der Waals surface area contributed by atoms with Crippen LogP contribution in [0.3, 0.4) is 0 Å². The van der Waals surface area contributed by atoms with Crippen LogP contribution in [-0.4, -0.2) is 97.3 Å². The maximum atomic E-state index is 13.9. The van der Waals surface area contributed by atoms with Crippen molar-refractivity contribution < 1.29 is 28.8 Å². The number of nitrogens with two attached hydrogens (primary N) is 4. The molecule has 1 heterocycles. The minimum Gasteiger partial charge on any atom is -0.370 e. The van der Waals surface area contributed by atoms with Gasteiger partial charge in [-0.05, 0) is 62.3 Å². The van der Waals surface area contributed by atoms with Gasteiger partial charge in [-0.15, -0.1) is 0 Å². The van der Waals surface area contributed by atoms with E-state index in [4.69, 9.17) is 22.9 Å². The molecule has 0 aromatic heterocycles. The van der Waals surface area contributed by atoms with Gasteiger partial charge >= 0.3 is 0 Å². The van der Waals surface area contributed by atoms with E-state index in [0.29, 0.717) is 25.7 Å². The van der Waals surface area contributed by atoms with Crippen LogP contribution in [-0.2, 0) is 35.2 Å². The van der Waals surface area contributed by atoms with Crippen molar-refractivity contribution in [3.05, 3.63) is 35.9 Å². The molecule has 0 aliphatic carbocycles. The molecule has 2 rings (SSSR count). The van der Waals surface area contributed by atoms with Crippen molar-refractivity contribution in [2.45, 2.75) is 115 Å². The van der Waals surface area contributed by atoms with Crippen LogP contribution in [0.1, 0.15) is 78.2 Å². The fourth-order valence-corrected chi connectivity index (χ4v) is 5.72. The molecule has 6 amide bonds. The molecular formula is C36H61N11O6. The molecule has 1 aromatic rings. The Hall–Kier alpha value is -4.77. The first-order valence-corrected chi connectivity index (χ1v) is 18.4. The number of hydrogen-bond acceptors (Lipinski definition) is 9. The summed E-state index contributed by atoms with van der Waals surface area (Å²) in [5.41, 5.74) is 23.8. The number of hydrogen-bond donors (Lipinski definition) is 10. The quantitative estimate of drug-likeness (QED) is 0.0743. The van der Waals surface area contributed by atoms with E-state index >= 15 is 0 Å². The van der Waals surface area contributed by atoms with Gasteiger partial charge in [0.2, 0.25) is 35.4 Å². The van der Waals surface area contributed by atoms with Crippen LogP contribution in [0.2, 0.25) is 0 Å². The molecule has 0 bridgehead atoms. The fraction of sp³-hybridized carbons (Fsp3) is 0.639. The summed E-state index contributed by atoms with van der Waals surface area (Å²) in [6.45, 7) is 7.83. The van der Waals surface area contributed by atoms with Crippen LogP contribution in [0.15, 0.2) is 35.3 Å². The lowest BCUT2D eigenvalue weighted by atomic mass is 9.98. The number of carbonyl (C=O) groups excluding carboxylic acids is 6. The molecule has 0 spiro atoms. The minimum atomic E-state index is -1.20. The first-order valence-electron chi connectivity index (χ1n) is 18.4. The Morgan fingerprint density at radius 1 is 0.679 bits per heavy atom. The third kappa shape index (κ3) is 17.1. The van der Waals surface area contributed by atoms with Crippen molar-refractivity contribution in [1.29, 1.82) is 0 Å². The molecule has 1 saturated heterocycles. The number of amides is 6. The smallest absolute Gasteiger partial charge is 0.243 e. The SMILES string of the molecule is CC(C)C[C@H]1NC(=O)[C@@H](CC(C)C)NC(=O)[C@@H](Cc2ccccc2)NC(=O)[C@@H](N)CNC(=O)[C@@H](N)CCCCNC(=O)[C@H](CCCN=C(N)N)NC1=O. The molecule has 0 unspecified atom stereocenters. The van der Waals surface area contributed by atoms with Crippen LogP contribution in [0.4, 0.5) is 0 Å². The van der Waals surface area contributed by atoms with Crippen LogP contribution >= 0.6 is 0 Å². The van der Waals surface area contributed by atoms with E-state index in [0.717, 1.165) is 5.56 Å². The molecule has 0 radical (unpaired) electrons. The third-order valence-electron chi connectivity index (χ3n) is 8.58. The highest BCUT2D eigenvalue weighted by atomic mass is 16.2. The van der Waals surface area contributed by atoms with E-state index in [2.05, 4.69) is 36.9 Å². The predicted molar refractivity (Wildman–Crippen MR) is 203 cm³/mol. The third-order valence-corrected chi connectivity index (χ3v) is 8.58. The summed E-state index contributed by atoms with van der Waals surface area (Å²) in [6.07, 6.45) is 2.45. The van der Waals surface area contributed by atoms with Crippen molar-refractivity contribution in [1.82, 2.24) is 31.9 Å². The normalized spacial score (nSPS) is 25.0. The molecule has 14 N–H and O–H groups in total. The average molecular weight is 744 g/mol. The Morgan fingerprint density at radius 2 is 1.23 bits per heavy atom. The molecule has 296 valence electrons. The molecule has 1 aliphatic rings. The summed E-state index contributed by atoms with van der Waals surface area (Å²) in [6, 6.07) is 2.72. The Kier molecular flexibility index (Phi) is 19.3. The van der Waals surface area contributed by atoms with Gasteiger partial charge in [-0.3, -0.25) is 33.8 Å². The lowest BCUT2D eigenvalue weighted by Gasteiger charge is -2.28. The number of aliphatic imine (C=N–C) groups is 1. The number of guanidine groups is 1. The minimum absolute atomic E-state index is 0.0246. The largest absolute Gasteiger partial charge is 0.370 e. The maximum absolute atomic E-state index is 13.9. The van der Waals surface area contributed by atoms with Gasteiger partial charge in [-0.2, -0.15) is 0 Å². The van der Waals surface area contributed by atoms with Crippen molar-refractivity contribution in [3.8, 4) is 0 Å². The Bertz CT molecular complexity index is 1390. The Balaban J connectivity index is 2.46. The second-order valence-electron chi connectivity index (χ2n) is 14.4. The molecule has 53 heavy (non-hydrogen) atoms. The van der Waals surface area contributed by atoms with Crippen LogP contribution in [0, 0.1) is 11.8 Å². The van der Waals surface area contributed by atoms with E-state index < -0.39 is 71.7 Å². The topological polar surface area (TPSA) is 291 Å². The standard InChI is InChI=1S/C36H61N11O6/c1-21(2)17-27-33(51)44-26(14-10-16-42-36(39)40)32(50)41-15-9-8-13-24(37)30(48)43-20-25(38)31(49)45-29(19-23-11-6-5-7-12-23)35(53)47-28(18-22(3)4)34(52)46-27/h5-7,11-12,21-22,24-29H,8-10,13-20,37-38H2,1-4H3,(H,41,50)(H,43,48)(H,44,51)(H,45,49)(H,46,52)(H,47,53)(H4,39,40,42)/t24-,25-,26-,27+,28+,29+/m0/s1. The highest BCUT2D eigenvalue weighted by Gasteiger charge is 2.33. The highest BCUT2D eigenvalue weighted by Crippen LogP contribution is 2.12. The number of nitrogens with zero attached hydrogens (tertiary/aromatic N) is 1. The predicted octanol–water partition coefficient (Wildman–Crippen LogP) is -1.62. The Labute approximate surface area is 312 Å². The summed E-state index contributed by atoms with van der Waals surface area (Å²) in [5, 5.41) is 16.5. The summed E-state index contributed by atoms with van der Waals surface area (Å²) >= 11 is 0. The van der Waals surface area contributed by atoms with Gasteiger partial charge in [0.05, 0.1) is 6.04 Å². The fourth-order valence-electron chi connectivity index (χ4n) is 5.72. The number of nitrogens with one attached hydrogen (secondary N) is 6. The van der Waals surface area contributed by atoms with Crippen molar-refractivity contribution in [3.63, 3.8) is 0 Å². The highest BCUT2D eigenvalue weighted by molar-refractivity contribution is 5.96. The van der Waals surface area contributed by atoms with E-state index in [1.165, 1.54) is 0 Å². The molecule has 1 aromatic carbocycles. The van der Waals surface area contributed by atoms with E-state index in [1.807, 2.05) is 33.8 Å². The molecule has 6 atom stereocenters. The summed E-state index contributed by atoms with van der Waals surface area (Å²) < 4.78 is 0. The second kappa shape index (κ2) is 23.0. The molecule has 0 saturated carbocycles. The van der Waals surface area contributed by atoms with Gasteiger partial charge in [0.25, 0.3) is 0 Å². The summed E-state index contributed by atoms with van der Waals surface area (Å²) in [5.74, 6) is -3.59. The van der Waals surface area contributed by atoms with Gasteiger partial charge in [-0.1, -0.05) is 58.0 Å². The lowest BCUT2D eigenvalue weighted by molar-refractivity contribution is -0.135. The summed E-state index contributed by atoms with van der Waals surface area (Å²) in [7, 11) is 0. The molecule has 1 fully saturated rings. The number of carbonyl (C=O) groups is 6. The lowest BCUT2D eigenvalue weighted by Crippen LogP contribution is -2.60. The van der Waals surface area contributed by atoms with Gasteiger partial charge in [-0.25, -0.2) is 0 Å². The first-order chi connectivity index (χ1) is 25.1. The zero-order chi connectivity index (χ0) is 39.5. The van der Waals surface area contributed by atoms with Gasteiger partial charge < -0.3 is 54.8 Å². The number of benzene rings is 1. The van der Waals surface area contributed by atoms with Gasteiger partial charge in [0.1, 0.15) is 30.2 Å².